The van der Waals surface area contributed by atoms with Gasteiger partial charge in [-0.25, -0.2) is 9.48 Å². The third-order valence-electron chi connectivity index (χ3n) is 5.51. The highest BCUT2D eigenvalue weighted by atomic mass is 16.5. The lowest BCUT2D eigenvalue weighted by Gasteiger charge is -2.31. The number of furan rings is 1. The van der Waals surface area contributed by atoms with Crippen molar-refractivity contribution in [3.05, 3.63) is 46.5 Å². The van der Waals surface area contributed by atoms with E-state index in [1.165, 1.54) is 4.68 Å². The largest absolute Gasteiger partial charge is 0.463 e. The zero-order valence-electron chi connectivity index (χ0n) is 17.2. The quantitative estimate of drug-likeness (QED) is 0.630. The van der Waals surface area contributed by atoms with E-state index in [1.807, 2.05) is 13.0 Å². The van der Waals surface area contributed by atoms with Gasteiger partial charge in [-0.05, 0) is 31.9 Å². The number of aromatic amines is 1. The lowest BCUT2D eigenvalue weighted by atomic mass is 9.95. The van der Waals surface area contributed by atoms with Crippen molar-refractivity contribution in [1.29, 1.82) is 0 Å². The van der Waals surface area contributed by atoms with Gasteiger partial charge in [-0.15, -0.1) is 0 Å². The molecule has 1 N–H and O–H groups in total. The van der Waals surface area contributed by atoms with E-state index in [1.54, 1.807) is 35.0 Å². The summed E-state index contributed by atoms with van der Waals surface area (Å²) < 4.78 is 13.6. The standard InChI is InChI=1S/C20H26N6O4/c1-3-25-18(23-26(20(25)28)10-12-29-2)14-6-8-24(9-7-14)19(27)16-13-15(21-22-16)17-5-4-11-30-17/h4-5,11,13-14H,3,6-10,12H2,1-2H3,(H,21,22). The molecule has 3 aromatic heterocycles. The Morgan fingerprint density at radius 3 is 2.83 bits per heavy atom. The van der Waals surface area contributed by atoms with Gasteiger partial charge in [0.15, 0.2) is 11.5 Å². The molecular weight excluding hydrogens is 388 g/mol. The van der Waals surface area contributed by atoms with Crippen LogP contribution < -0.4 is 5.69 Å². The van der Waals surface area contributed by atoms with Gasteiger partial charge >= 0.3 is 5.69 Å². The van der Waals surface area contributed by atoms with Gasteiger partial charge < -0.3 is 14.1 Å². The van der Waals surface area contributed by atoms with E-state index in [4.69, 9.17) is 9.15 Å². The first-order valence-corrected chi connectivity index (χ1v) is 10.2. The Morgan fingerprint density at radius 1 is 1.37 bits per heavy atom. The second-order valence-electron chi connectivity index (χ2n) is 7.31. The summed E-state index contributed by atoms with van der Waals surface area (Å²) in [6.07, 6.45) is 3.08. The highest BCUT2D eigenvalue weighted by Crippen LogP contribution is 2.27. The van der Waals surface area contributed by atoms with Crippen molar-refractivity contribution < 1.29 is 13.9 Å². The minimum absolute atomic E-state index is 0.106. The van der Waals surface area contributed by atoms with E-state index >= 15 is 0 Å². The summed E-state index contributed by atoms with van der Waals surface area (Å²) in [5.74, 6) is 1.47. The SMILES string of the molecule is CCn1c(C2CCN(C(=O)c3cc(-c4ccco4)[nH]n3)CC2)nn(CCOC)c1=O. The first-order chi connectivity index (χ1) is 14.6. The van der Waals surface area contributed by atoms with Crippen LogP contribution in [0.1, 0.15) is 42.0 Å². The molecule has 1 fully saturated rings. The molecule has 0 aliphatic carbocycles. The minimum atomic E-state index is -0.110. The zero-order chi connectivity index (χ0) is 21.1. The van der Waals surface area contributed by atoms with Gasteiger partial charge in [0.25, 0.3) is 5.91 Å². The van der Waals surface area contributed by atoms with Crippen LogP contribution in [0.15, 0.2) is 33.7 Å². The molecule has 1 aliphatic rings. The number of nitrogens with zero attached hydrogens (tertiary/aromatic N) is 5. The Morgan fingerprint density at radius 2 is 2.17 bits per heavy atom. The Balaban J connectivity index is 1.43. The number of ether oxygens (including phenoxy) is 1. The number of nitrogens with one attached hydrogen (secondary N) is 1. The summed E-state index contributed by atoms with van der Waals surface area (Å²) in [4.78, 5) is 27.2. The van der Waals surface area contributed by atoms with Crippen LogP contribution in [0, 0.1) is 0 Å². The van der Waals surface area contributed by atoms with Gasteiger partial charge in [0.2, 0.25) is 0 Å². The molecule has 0 saturated carbocycles. The van der Waals surface area contributed by atoms with Gasteiger partial charge in [-0.1, -0.05) is 0 Å². The van der Waals surface area contributed by atoms with Gasteiger partial charge in [-0.2, -0.15) is 10.2 Å². The minimum Gasteiger partial charge on any atom is -0.463 e. The first-order valence-electron chi connectivity index (χ1n) is 10.2. The number of methoxy groups -OCH3 is 1. The summed E-state index contributed by atoms with van der Waals surface area (Å²) in [5.41, 5.74) is 0.936. The average Bonchev–Trinajstić information content (AvgIpc) is 3.52. The van der Waals surface area contributed by atoms with Crippen LogP contribution in [0.2, 0.25) is 0 Å². The summed E-state index contributed by atoms with van der Waals surface area (Å²) in [6.45, 7) is 4.58. The molecule has 10 heteroatoms. The van der Waals surface area contributed by atoms with Crippen molar-refractivity contribution in [3.8, 4) is 11.5 Å². The fourth-order valence-corrected chi connectivity index (χ4v) is 3.87. The number of carbonyl (C=O) groups is 1. The van der Waals surface area contributed by atoms with Gasteiger partial charge in [0.1, 0.15) is 11.5 Å². The highest BCUT2D eigenvalue weighted by molar-refractivity contribution is 5.93. The van der Waals surface area contributed by atoms with E-state index in [0.717, 1.165) is 18.7 Å². The summed E-state index contributed by atoms with van der Waals surface area (Å²) >= 11 is 0. The molecule has 0 bridgehead atoms. The molecule has 1 saturated heterocycles. The molecular formula is C20H26N6O4. The van der Waals surface area contributed by atoms with Gasteiger partial charge in [-0.3, -0.25) is 14.5 Å². The maximum atomic E-state index is 12.8. The molecule has 0 aromatic carbocycles. The molecule has 4 heterocycles. The number of amides is 1. The molecule has 4 rings (SSSR count). The summed E-state index contributed by atoms with van der Waals surface area (Å²) in [5, 5.41) is 11.6. The van der Waals surface area contributed by atoms with Crippen molar-refractivity contribution in [2.45, 2.75) is 38.8 Å². The van der Waals surface area contributed by atoms with Crippen LogP contribution in [0.5, 0.6) is 0 Å². The Hall–Kier alpha value is -3.14. The second kappa shape index (κ2) is 8.70. The fraction of sp³-hybridized carbons (Fsp3) is 0.500. The van der Waals surface area contributed by atoms with E-state index < -0.39 is 0 Å². The van der Waals surface area contributed by atoms with Crippen molar-refractivity contribution in [2.24, 2.45) is 0 Å². The number of H-pyrrole nitrogens is 1. The Labute approximate surface area is 173 Å². The second-order valence-corrected chi connectivity index (χ2v) is 7.31. The smallest absolute Gasteiger partial charge is 0.345 e. The molecule has 0 spiro atoms. The Kier molecular flexibility index (Phi) is 5.84. The number of piperidine rings is 1. The number of hydrogen-bond donors (Lipinski definition) is 1. The third kappa shape index (κ3) is 3.82. The van der Waals surface area contributed by atoms with Crippen LogP contribution >= 0.6 is 0 Å². The van der Waals surface area contributed by atoms with Crippen LogP contribution in [0.3, 0.4) is 0 Å². The topological polar surface area (TPSA) is 111 Å². The van der Waals surface area contributed by atoms with Crippen LogP contribution in [0.4, 0.5) is 0 Å². The first kappa shape index (κ1) is 20.1. The van der Waals surface area contributed by atoms with Crippen molar-refractivity contribution in [1.82, 2.24) is 29.4 Å². The lowest BCUT2D eigenvalue weighted by Crippen LogP contribution is -2.38. The van der Waals surface area contributed by atoms with Crippen LogP contribution in [0.25, 0.3) is 11.5 Å². The van der Waals surface area contributed by atoms with Gasteiger partial charge in [0.05, 0.1) is 19.4 Å². The predicted molar refractivity (Wildman–Crippen MR) is 108 cm³/mol. The van der Waals surface area contributed by atoms with Crippen molar-refractivity contribution in [3.63, 3.8) is 0 Å². The molecule has 10 nitrogen and oxygen atoms in total. The predicted octanol–water partition coefficient (Wildman–Crippen LogP) is 1.71. The molecule has 0 unspecified atom stereocenters. The van der Waals surface area contributed by atoms with Crippen molar-refractivity contribution in [2.75, 3.05) is 26.8 Å². The third-order valence-corrected chi connectivity index (χ3v) is 5.51. The van der Waals surface area contributed by atoms with E-state index in [2.05, 4.69) is 15.3 Å². The highest BCUT2D eigenvalue weighted by Gasteiger charge is 2.29. The maximum absolute atomic E-state index is 12.8. The maximum Gasteiger partial charge on any atom is 0.345 e. The van der Waals surface area contributed by atoms with Crippen LogP contribution in [-0.2, 0) is 17.8 Å². The van der Waals surface area contributed by atoms with E-state index in [9.17, 15) is 9.59 Å². The number of aromatic nitrogens is 5. The summed E-state index contributed by atoms with van der Waals surface area (Å²) in [6, 6.07) is 5.31. The molecule has 30 heavy (non-hydrogen) atoms. The zero-order valence-corrected chi connectivity index (χ0v) is 17.2. The molecule has 0 atom stereocenters. The number of carbonyl (C=O) groups excluding carboxylic acids is 1. The number of hydrogen-bond acceptors (Lipinski definition) is 6. The number of rotatable bonds is 7. The average molecular weight is 414 g/mol. The molecule has 0 radical (unpaired) electrons. The van der Waals surface area contributed by atoms with E-state index in [-0.39, 0.29) is 17.5 Å². The van der Waals surface area contributed by atoms with Crippen LogP contribution in [-0.4, -0.2) is 62.2 Å². The van der Waals surface area contributed by atoms with Gasteiger partial charge in [0, 0.05) is 38.7 Å². The van der Waals surface area contributed by atoms with Crippen molar-refractivity contribution >= 4 is 5.91 Å². The normalized spacial score (nSPS) is 15.1. The monoisotopic (exact) mass is 414 g/mol. The molecule has 160 valence electrons. The lowest BCUT2D eigenvalue weighted by molar-refractivity contribution is 0.0704. The molecule has 1 amide bonds. The molecule has 3 aromatic rings. The Bertz CT molecular complexity index is 1040. The fourth-order valence-electron chi connectivity index (χ4n) is 3.87. The molecule has 1 aliphatic heterocycles. The number of likely N-dealkylation sites (tertiary alicyclic amines) is 1. The summed E-state index contributed by atoms with van der Waals surface area (Å²) in [7, 11) is 1.60. The van der Waals surface area contributed by atoms with E-state index in [0.29, 0.717) is 49.9 Å².